The van der Waals surface area contributed by atoms with Crippen molar-refractivity contribution < 1.29 is 14.6 Å². The van der Waals surface area contributed by atoms with Crippen molar-refractivity contribution in [2.75, 3.05) is 13.2 Å². The molecule has 1 aliphatic heterocycles. The highest BCUT2D eigenvalue weighted by Crippen LogP contribution is 2.31. The predicted octanol–water partition coefficient (Wildman–Crippen LogP) is 2.06. The van der Waals surface area contributed by atoms with Gasteiger partial charge in [0.1, 0.15) is 0 Å². The van der Waals surface area contributed by atoms with Crippen LogP contribution in [0.4, 0.5) is 0 Å². The smallest absolute Gasteiger partial charge is 0.303 e. The summed E-state index contributed by atoms with van der Waals surface area (Å²) >= 11 is 0. The molecule has 2 unspecified atom stereocenters. The van der Waals surface area contributed by atoms with Crippen LogP contribution < -0.4 is 5.73 Å². The molecular formula is C14H19NO3. The molecule has 2 rings (SSSR count). The quantitative estimate of drug-likeness (QED) is 0.837. The number of aliphatic carboxylic acids is 1. The van der Waals surface area contributed by atoms with Gasteiger partial charge in [0.05, 0.1) is 6.61 Å². The molecule has 0 spiro atoms. The van der Waals surface area contributed by atoms with E-state index < -0.39 is 5.97 Å². The van der Waals surface area contributed by atoms with Crippen molar-refractivity contribution in [2.24, 2.45) is 5.73 Å². The van der Waals surface area contributed by atoms with E-state index in [0.717, 1.165) is 25.2 Å². The maximum Gasteiger partial charge on any atom is 0.303 e. The van der Waals surface area contributed by atoms with E-state index in [9.17, 15) is 4.79 Å². The number of rotatable bonds is 5. The van der Waals surface area contributed by atoms with Gasteiger partial charge in [0.2, 0.25) is 0 Å². The third-order valence-electron chi connectivity index (χ3n) is 3.43. The van der Waals surface area contributed by atoms with E-state index in [1.807, 2.05) is 18.2 Å². The van der Waals surface area contributed by atoms with Gasteiger partial charge in [-0.1, -0.05) is 24.3 Å². The van der Waals surface area contributed by atoms with Crippen molar-refractivity contribution in [1.82, 2.24) is 0 Å². The molecule has 1 fully saturated rings. The predicted molar refractivity (Wildman–Crippen MR) is 68.4 cm³/mol. The van der Waals surface area contributed by atoms with E-state index in [-0.39, 0.29) is 12.5 Å². The lowest BCUT2D eigenvalue weighted by atomic mass is 9.89. The molecule has 0 amide bonds. The van der Waals surface area contributed by atoms with Crippen LogP contribution in [-0.2, 0) is 9.53 Å². The Morgan fingerprint density at radius 3 is 2.94 bits per heavy atom. The summed E-state index contributed by atoms with van der Waals surface area (Å²) in [5.74, 6) is -0.399. The molecule has 3 N–H and O–H groups in total. The fraction of sp³-hybridized carbons (Fsp3) is 0.500. The number of hydrogen-bond donors (Lipinski definition) is 2. The van der Waals surface area contributed by atoms with Crippen molar-refractivity contribution in [3.05, 3.63) is 35.4 Å². The van der Waals surface area contributed by atoms with Crippen LogP contribution in [0.5, 0.6) is 0 Å². The number of ether oxygens (including phenoxy) is 1. The summed E-state index contributed by atoms with van der Waals surface area (Å²) in [7, 11) is 0. The molecule has 1 saturated heterocycles. The normalized spacial score (nSPS) is 20.8. The van der Waals surface area contributed by atoms with E-state index >= 15 is 0 Å². The van der Waals surface area contributed by atoms with Gasteiger partial charge in [-0.25, -0.2) is 0 Å². The first-order chi connectivity index (χ1) is 8.68. The Morgan fingerprint density at radius 2 is 2.28 bits per heavy atom. The summed E-state index contributed by atoms with van der Waals surface area (Å²) in [4.78, 5) is 10.6. The van der Waals surface area contributed by atoms with E-state index in [1.165, 1.54) is 5.56 Å². The highest BCUT2D eigenvalue weighted by atomic mass is 16.5. The van der Waals surface area contributed by atoms with Crippen LogP contribution in [0.25, 0.3) is 0 Å². The van der Waals surface area contributed by atoms with Gasteiger partial charge >= 0.3 is 5.97 Å². The zero-order chi connectivity index (χ0) is 13.0. The molecule has 0 radical (unpaired) electrons. The first-order valence-electron chi connectivity index (χ1n) is 6.32. The number of hydrogen-bond acceptors (Lipinski definition) is 3. The van der Waals surface area contributed by atoms with Crippen molar-refractivity contribution in [3.8, 4) is 0 Å². The Kier molecular flexibility index (Phi) is 4.33. The minimum absolute atomic E-state index is 0.108. The Balaban J connectivity index is 2.13. The van der Waals surface area contributed by atoms with Gasteiger partial charge in [0.15, 0.2) is 0 Å². The van der Waals surface area contributed by atoms with Crippen molar-refractivity contribution in [3.63, 3.8) is 0 Å². The van der Waals surface area contributed by atoms with E-state index in [4.69, 9.17) is 15.6 Å². The highest BCUT2D eigenvalue weighted by molar-refractivity contribution is 5.66. The molecule has 98 valence electrons. The lowest BCUT2D eigenvalue weighted by Crippen LogP contribution is -2.16. The third kappa shape index (κ3) is 3.09. The van der Waals surface area contributed by atoms with Gasteiger partial charge in [0.25, 0.3) is 0 Å². The average Bonchev–Trinajstić information content (AvgIpc) is 2.89. The number of carbonyl (C=O) groups is 1. The molecule has 1 aromatic rings. The summed E-state index contributed by atoms with van der Waals surface area (Å²) in [6, 6.07) is 7.82. The van der Waals surface area contributed by atoms with Gasteiger partial charge in [-0.05, 0) is 24.0 Å². The van der Waals surface area contributed by atoms with Gasteiger partial charge in [-0.2, -0.15) is 0 Å². The SMILES string of the molecule is NC(CCC(=O)O)c1ccccc1C1CCOC1. The van der Waals surface area contributed by atoms with E-state index in [0.29, 0.717) is 12.3 Å². The van der Waals surface area contributed by atoms with Crippen LogP contribution in [0.1, 0.15) is 42.3 Å². The van der Waals surface area contributed by atoms with Gasteiger partial charge in [-0.15, -0.1) is 0 Å². The second kappa shape index (κ2) is 5.98. The summed E-state index contributed by atoms with van der Waals surface area (Å²) in [5.41, 5.74) is 8.39. The Hall–Kier alpha value is -1.39. The zero-order valence-electron chi connectivity index (χ0n) is 10.3. The first-order valence-corrected chi connectivity index (χ1v) is 6.32. The number of benzene rings is 1. The summed E-state index contributed by atoms with van der Waals surface area (Å²) in [6.45, 7) is 1.53. The molecule has 1 aromatic carbocycles. The Bertz CT molecular complexity index is 413. The molecule has 18 heavy (non-hydrogen) atoms. The van der Waals surface area contributed by atoms with Crippen molar-refractivity contribution in [1.29, 1.82) is 0 Å². The maximum absolute atomic E-state index is 10.6. The molecular weight excluding hydrogens is 230 g/mol. The summed E-state index contributed by atoms with van der Waals surface area (Å²) in [6.07, 6.45) is 1.60. The lowest BCUT2D eigenvalue weighted by Gasteiger charge is -2.19. The van der Waals surface area contributed by atoms with Crippen molar-refractivity contribution in [2.45, 2.75) is 31.2 Å². The molecule has 4 heteroatoms. The van der Waals surface area contributed by atoms with Crippen LogP contribution in [-0.4, -0.2) is 24.3 Å². The van der Waals surface area contributed by atoms with Crippen LogP contribution in [0.3, 0.4) is 0 Å². The van der Waals surface area contributed by atoms with Gasteiger partial charge in [-0.3, -0.25) is 4.79 Å². The fourth-order valence-corrected chi connectivity index (χ4v) is 2.43. The molecule has 1 aliphatic rings. The molecule has 2 atom stereocenters. The molecule has 0 aromatic heterocycles. The standard InChI is InChI=1S/C14H19NO3/c15-13(5-6-14(16)17)12-4-2-1-3-11(12)10-7-8-18-9-10/h1-4,10,13H,5-9,15H2,(H,16,17). The Labute approximate surface area is 107 Å². The van der Waals surface area contributed by atoms with Crippen LogP contribution in [0.2, 0.25) is 0 Å². The number of carboxylic acids is 1. The monoisotopic (exact) mass is 249 g/mol. The minimum Gasteiger partial charge on any atom is -0.481 e. The van der Waals surface area contributed by atoms with Gasteiger partial charge < -0.3 is 15.6 Å². The minimum atomic E-state index is -0.799. The maximum atomic E-state index is 10.6. The van der Waals surface area contributed by atoms with Crippen molar-refractivity contribution >= 4 is 5.97 Å². The second-order valence-corrected chi connectivity index (χ2v) is 4.73. The molecule has 0 aliphatic carbocycles. The Morgan fingerprint density at radius 1 is 1.50 bits per heavy atom. The molecule has 1 heterocycles. The highest BCUT2D eigenvalue weighted by Gasteiger charge is 2.22. The van der Waals surface area contributed by atoms with Gasteiger partial charge in [0, 0.05) is 25.0 Å². The molecule has 0 saturated carbocycles. The van der Waals surface area contributed by atoms with Crippen LogP contribution in [0.15, 0.2) is 24.3 Å². The van der Waals surface area contributed by atoms with Crippen LogP contribution >= 0.6 is 0 Å². The largest absolute Gasteiger partial charge is 0.481 e. The topological polar surface area (TPSA) is 72.6 Å². The average molecular weight is 249 g/mol. The second-order valence-electron chi connectivity index (χ2n) is 4.73. The zero-order valence-corrected chi connectivity index (χ0v) is 10.3. The fourth-order valence-electron chi connectivity index (χ4n) is 2.43. The van der Waals surface area contributed by atoms with E-state index in [2.05, 4.69) is 6.07 Å². The number of carboxylic acid groups (broad SMARTS) is 1. The van der Waals surface area contributed by atoms with E-state index in [1.54, 1.807) is 0 Å². The molecule has 4 nitrogen and oxygen atoms in total. The summed E-state index contributed by atoms with van der Waals surface area (Å²) < 4.78 is 5.41. The summed E-state index contributed by atoms with van der Waals surface area (Å²) in [5, 5.41) is 8.71. The first kappa shape index (κ1) is 13.1. The van der Waals surface area contributed by atoms with Crippen LogP contribution in [0, 0.1) is 0 Å². The lowest BCUT2D eigenvalue weighted by molar-refractivity contribution is -0.137. The third-order valence-corrected chi connectivity index (χ3v) is 3.43. The number of nitrogens with two attached hydrogens (primary N) is 1. The molecule has 0 bridgehead atoms.